The van der Waals surface area contributed by atoms with Crippen molar-refractivity contribution >= 4 is 17.8 Å². The van der Waals surface area contributed by atoms with Gasteiger partial charge in [0.1, 0.15) is 18.2 Å². The number of hydrogen-bond acceptors (Lipinski definition) is 5. The molecular weight excluding hydrogens is 389 g/mol. The summed E-state index contributed by atoms with van der Waals surface area (Å²) in [6.45, 7) is 0.173. The standard InChI is InChI=1S/C22H18FN3O4/c23-19-9-5-6-16(12-19)15-30-21-11-4-2-8-18(21)14-24-25-22(27)13-17-7-1-3-10-20(17)26(28)29/h1-12,14H,13,15H2,(H,25,27). The number of nitro groups is 1. The molecule has 8 heteroatoms. The number of nitrogens with zero attached hydrogens (tertiary/aromatic N) is 2. The van der Waals surface area contributed by atoms with Gasteiger partial charge >= 0.3 is 0 Å². The number of hydrazone groups is 1. The maximum Gasteiger partial charge on any atom is 0.273 e. The lowest BCUT2D eigenvalue weighted by Gasteiger charge is -2.09. The molecule has 152 valence electrons. The summed E-state index contributed by atoms with van der Waals surface area (Å²) in [6.07, 6.45) is 1.24. The number of nitrogens with one attached hydrogen (secondary N) is 1. The van der Waals surface area contributed by atoms with Crippen LogP contribution in [0.25, 0.3) is 0 Å². The molecule has 7 nitrogen and oxygen atoms in total. The molecule has 0 aliphatic heterocycles. The first-order valence-electron chi connectivity index (χ1n) is 9.03. The highest BCUT2D eigenvalue weighted by Gasteiger charge is 2.15. The van der Waals surface area contributed by atoms with E-state index < -0.39 is 10.8 Å². The molecule has 30 heavy (non-hydrogen) atoms. The van der Waals surface area contributed by atoms with Crippen LogP contribution in [0, 0.1) is 15.9 Å². The molecule has 0 aliphatic rings. The Hall–Kier alpha value is -4.07. The van der Waals surface area contributed by atoms with Crippen molar-refractivity contribution in [3.63, 3.8) is 0 Å². The molecule has 0 saturated heterocycles. The number of carbonyl (C=O) groups excluding carboxylic acids is 1. The first kappa shape index (κ1) is 20.7. The second-order valence-corrected chi connectivity index (χ2v) is 6.31. The number of para-hydroxylation sites is 2. The minimum absolute atomic E-state index is 0.118. The zero-order valence-electron chi connectivity index (χ0n) is 15.8. The van der Waals surface area contributed by atoms with Crippen LogP contribution in [0.15, 0.2) is 77.9 Å². The number of rotatable bonds is 8. The summed E-state index contributed by atoms with van der Waals surface area (Å²) >= 11 is 0. The van der Waals surface area contributed by atoms with E-state index in [0.29, 0.717) is 22.4 Å². The highest BCUT2D eigenvalue weighted by atomic mass is 19.1. The molecule has 3 aromatic carbocycles. The summed E-state index contributed by atoms with van der Waals surface area (Å²) < 4.78 is 19.0. The molecule has 0 spiro atoms. The van der Waals surface area contributed by atoms with Crippen LogP contribution in [0.3, 0.4) is 0 Å². The molecule has 3 rings (SSSR count). The minimum atomic E-state index is -0.530. The quantitative estimate of drug-likeness (QED) is 0.347. The third kappa shape index (κ3) is 5.71. The van der Waals surface area contributed by atoms with Gasteiger partial charge in [-0.2, -0.15) is 5.10 Å². The first-order valence-corrected chi connectivity index (χ1v) is 9.03. The predicted molar refractivity (Wildman–Crippen MR) is 110 cm³/mol. The number of nitro benzene ring substituents is 1. The van der Waals surface area contributed by atoms with Gasteiger partial charge in [-0.1, -0.05) is 42.5 Å². The van der Waals surface area contributed by atoms with Crippen molar-refractivity contribution in [1.29, 1.82) is 0 Å². The first-order chi connectivity index (χ1) is 14.5. The minimum Gasteiger partial charge on any atom is -0.488 e. The van der Waals surface area contributed by atoms with Gasteiger partial charge in [0, 0.05) is 17.2 Å². The van der Waals surface area contributed by atoms with E-state index in [1.54, 1.807) is 48.5 Å². The van der Waals surface area contributed by atoms with Gasteiger partial charge in [0.2, 0.25) is 5.91 Å². The smallest absolute Gasteiger partial charge is 0.273 e. The van der Waals surface area contributed by atoms with E-state index in [-0.39, 0.29) is 24.5 Å². The predicted octanol–water partition coefficient (Wildman–Crippen LogP) is 4.01. The molecule has 0 saturated carbocycles. The van der Waals surface area contributed by atoms with Crippen LogP contribution in [0.4, 0.5) is 10.1 Å². The maximum absolute atomic E-state index is 13.3. The molecule has 0 bridgehead atoms. The lowest BCUT2D eigenvalue weighted by atomic mass is 10.1. The fourth-order valence-corrected chi connectivity index (χ4v) is 2.73. The topological polar surface area (TPSA) is 93.8 Å². The monoisotopic (exact) mass is 407 g/mol. The highest BCUT2D eigenvalue weighted by molar-refractivity contribution is 5.86. The maximum atomic E-state index is 13.3. The Morgan fingerprint density at radius 2 is 1.87 bits per heavy atom. The SMILES string of the molecule is O=C(Cc1ccccc1[N+](=O)[O-])NN=Cc1ccccc1OCc1cccc(F)c1. The number of amides is 1. The molecule has 0 fully saturated rings. The van der Waals surface area contributed by atoms with E-state index in [0.717, 1.165) is 0 Å². The Morgan fingerprint density at radius 3 is 2.67 bits per heavy atom. The van der Waals surface area contributed by atoms with Crippen LogP contribution in [-0.2, 0) is 17.8 Å². The molecule has 1 N–H and O–H groups in total. The van der Waals surface area contributed by atoms with E-state index >= 15 is 0 Å². The van der Waals surface area contributed by atoms with Gasteiger partial charge in [-0.15, -0.1) is 0 Å². The van der Waals surface area contributed by atoms with Crippen LogP contribution in [-0.4, -0.2) is 17.0 Å². The van der Waals surface area contributed by atoms with Crippen molar-refractivity contribution in [3.8, 4) is 5.75 Å². The van der Waals surface area contributed by atoms with E-state index in [1.165, 1.54) is 30.5 Å². The molecule has 0 heterocycles. The normalized spacial score (nSPS) is 10.7. The Labute approximate surface area is 172 Å². The van der Waals surface area contributed by atoms with Gasteiger partial charge in [0.05, 0.1) is 17.6 Å². The number of benzene rings is 3. The van der Waals surface area contributed by atoms with Crippen molar-refractivity contribution in [2.45, 2.75) is 13.0 Å². The average Bonchev–Trinajstić information content (AvgIpc) is 2.73. The summed E-state index contributed by atoms with van der Waals surface area (Å²) in [6, 6.07) is 19.2. The van der Waals surface area contributed by atoms with Crippen LogP contribution >= 0.6 is 0 Å². The van der Waals surface area contributed by atoms with Crippen molar-refractivity contribution in [2.75, 3.05) is 0 Å². The van der Waals surface area contributed by atoms with Gasteiger partial charge < -0.3 is 4.74 Å². The average molecular weight is 407 g/mol. The van der Waals surface area contributed by atoms with Crippen LogP contribution < -0.4 is 10.2 Å². The van der Waals surface area contributed by atoms with Crippen molar-refractivity contribution in [2.24, 2.45) is 5.10 Å². The highest BCUT2D eigenvalue weighted by Crippen LogP contribution is 2.19. The molecule has 0 atom stereocenters. The zero-order valence-corrected chi connectivity index (χ0v) is 15.8. The number of hydrogen-bond donors (Lipinski definition) is 1. The largest absolute Gasteiger partial charge is 0.488 e. The molecule has 1 amide bonds. The van der Waals surface area contributed by atoms with Crippen LogP contribution in [0.5, 0.6) is 5.75 Å². The van der Waals surface area contributed by atoms with Gasteiger partial charge in [0.15, 0.2) is 0 Å². The number of halogens is 1. The number of ether oxygens (including phenoxy) is 1. The molecule has 0 aromatic heterocycles. The molecule has 0 aliphatic carbocycles. The fraction of sp³-hybridized carbons (Fsp3) is 0.0909. The van der Waals surface area contributed by atoms with Crippen molar-refractivity contribution < 1.29 is 18.8 Å². The van der Waals surface area contributed by atoms with Gasteiger partial charge in [0.25, 0.3) is 5.69 Å². The summed E-state index contributed by atoms with van der Waals surface area (Å²) in [5, 5.41) is 14.9. The third-order valence-corrected chi connectivity index (χ3v) is 4.13. The molecular formula is C22H18FN3O4. The van der Waals surface area contributed by atoms with Crippen LogP contribution in [0.1, 0.15) is 16.7 Å². The Bertz CT molecular complexity index is 1090. The van der Waals surface area contributed by atoms with E-state index in [9.17, 15) is 19.3 Å². The van der Waals surface area contributed by atoms with E-state index in [2.05, 4.69) is 10.5 Å². The van der Waals surface area contributed by atoms with Gasteiger partial charge in [-0.25, -0.2) is 9.82 Å². The Kier molecular flexibility index (Phi) is 6.83. The Balaban J connectivity index is 1.61. The summed E-state index contributed by atoms with van der Waals surface area (Å²) in [4.78, 5) is 22.6. The second-order valence-electron chi connectivity index (χ2n) is 6.31. The molecule has 3 aromatic rings. The third-order valence-electron chi connectivity index (χ3n) is 4.13. The van der Waals surface area contributed by atoms with E-state index in [1.807, 2.05) is 0 Å². The van der Waals surface area contributed by atoms with Gasteiger partial charge in [-0.05, 0) is 29.8 Å². The van der Waals surface area contributed by atoms with Crippen molar-refractivity contribution in [3.05, 3.63) is 105 Å². The molecule has 0 radical (unpaired) electrons. The van der Waals surface area contributed by atoms with Crippen LogP contribution in [0.2, 0.25) is 0 Å². The number of carbonyl (C=O) groups is 1. The van der Waals surface area contributed by atoms with E-state index in [4.69, 9.17) is 4.74 Å². The van der Waals surface area contributed by atoms with Gasteiger partial charge in [-0.3, -0.25) is 14.9 Å². The zero-order chi connectivity index (χ0) is 21.3. The van der Waals surface area contributed by atoms with Crippen molar-refractivity contribution in [1.82, 2.24) is 5.43 Å². The summed E-state index contributed by atoms with van der Waals surface area (Å²) in [5.74, 6) is -0.315. The second kappa shape index (κ2) is 9.92. The molecule has 0 unspecified atom stereocenters. The summed E-state index contributed by atoms with van der Waals surface area (Å²) in [5.41, 5.74) is 3.83. The lowest BCUT2D eigenvalue weighted by molar-refractivity contribution is -0.385. The fourth-order valence-electron chi connectivity index (χ4n) is 2.73. The lowest BCUT2D eigenvalue weighted by Crippen LogP contribution is -2.20. The Morgan fingerprint density at radius 1 is 1.10 bits per heavy atom. The summed E-state index contributed by atoms with van der Waals surface area (Å²) in [7, 11) is 0.